The Morgan fingerprint density at radius 3 is 2.47 bits per heavy atom. The summed E-state index contributed by atoms with van der Waals surface area (Å²) in [5.74, 6) is 0.350. The van der Waals surface area contributed by atoms with E-state index in [-0.39, 0.29) is 18.1 Å². The number of ketones is 1. The van der Waals surface area contributed by atoms with Crippen LogP contribution in [0.3, 0.4) is 0 Å². The van der Waals surface area contributed by atoms with E-state index in [0.717, 1.165) is 19.6 Å². The molecule has 2 rings (SSSR count). The Morgan fingerprint density at radius 2 is 1.94 bits per heavy atom. The van der Waals surface area contributed by atoms with Gasteiger partial charge in [0.1, 0.15) is 5.78 Å². The van der Waals surface area contributed by atoms with E-state index >= 15 is 0 Å². The first-order valence-corrected chi connectivity index (χ1v) is 6.13. The van der Waals surface area contributed by atoms with Crippen molar-refractivity contribution < 1.29 is 19.0 Å². The van der Waals surface area contributed by atoms with Crippen molar-refractivity contribution in [1.82, 2.24) is 4.90 Å². The number of nitrogens with zero attached hydrogens (tertiary/aromatic N) is 1. The number of Topliss-reactive ketones (excluding diaryl/α,β-unsaturated/α-hetero) is 1. The number of hydrogen-bond acceptors (Lipinski definition) is 5. The van der Waals surface area contributed by atoms with Crippen LogP contribution >= 0.6 is 0 Å². The van der Waals surface area contributed by atoms with Crippen molar-refractivity contribution >= 4 is 5.78 Å². The molecular formula is C12H21NO4. The van der Waals surface area contributed by atoms with Gasteiger partial charge in [0.2, 0.25) is 0 Å². The third-order valence-electron chi connectivity index (χ3n) is 3.64. The summed E-state index contributed by atoms with van der Waals surface area (Å²) in [5, 5.41) is 0. The highest BCUT2D eigenvalue weighted by molar-refractivity contribution is 5.82. The fourth-order valence-corrected chi connectivity index (χ4v) is 2.58. The fraction of sp³-hybridized carbons (Fsp3) is 0.917. The molecule has 0 aromatic carbocycles. The van der Waals surface area contributed by atoms with Gasteiger partial charge in [0.25, 0.3) is 0 Å². The molecule has 0 aliphatic carbocycles. The molecule has 0 radical (unpaired) electrons. The van der Waals surface area contributed by atoms with Gasteiger partial charge in [-0.05, 0) is 0 Å². The van der Waals surface area contributed by atoms with Crippen LogP contribution in [0.15, 0.2) is 0 Å². The van der Waals surface area contributed by atoms with Gasteiger partial charge in [0, 0.05) is 40.3 Å². The molecule has 0 bridgehead atoms. The Balaban J connectivity index is 1.85. The zero-order valence-corrected chi connectivity index (χ0v) is 10.6. The molecule has 3 unspecified atom stereocenters. The van der Waals surface area contributed by atoms with Crippen LogP contribution in [-0.4, -0.2) is 70.0 Å². The SMILES string of the molecule is COC1CN(CC2COCCC2=O)CC1OC. The Hall–Kier alpha value is -0.490. The average molecular weight is 243 g/mol. The van der Waals surface area contributed by atoms with Crippen molar-refractivity contribution in [3.8, 4) is 0 Å². The molecule has 0 amide bonds. The van der Waals surface area contributed by atoms with E-state index in [9.17, 15) is 4.79 Å². The molecule has 0 N–H and O–H groups in total. The molecule has 98 valence electrons. The first kappa shape index (κ1) is 13.0. The average Bonchev–Trinajstić information content (AvgIpc) is 2.74. The van der Waals surface area contributed by atoms with Gasteiger partial charge < -0.3 is 14.2 Å². The number of carbonyl (C=O) groups excluding carboxylic acids is 1. The largest absolute Gasteiger partial charge is 0.380 e. The summed E-state index contributed by atoms with van der Waals surface area (Å²) in [6.45, 7) is 3.57. The normalized spacial score (nSPS) is 35.4. The lowest BCUT2D eigenvalue weighted by atomic mass is 10.0. The van der Waals surface area contributed by atoms with Crippen LogP contribution in [0.5, 0.6) is 0 Å². The molecule has 2 saturated heterocycles. The molecule has 0 spiro atoms. The zero-order chi connectivity index (χ0) is 12.3. The Bertz CT molecular complexity index is 259. The lowest BCUT2D eigenvalue weighted by Gasteiger charge is -2.25. The van der Waals surface area contributed by atoms with Crippen molar-refractivity contribution in [3.63, 3.8) is 0 Å². The van der Waals surface area contributed by atoms with Gasteiger partial charge in [-0.2, -0.15) is 0 Å². The van der Waals surface area contributed by atoms with E-state index in [1.807, 2.05) is 0 Å². The zero-order valence-electron chi connectivity index (χ0n) is 10.6. The predicted molar refractivity (Wildman–Crippen MR) is 62.0 cm³/mol. The van der Waals surface area contributed by atoms with Crippen LogP contribution in [0, 0.1) is 5.92 Å². The summed E-state index contributed by atoms with van der Waals surface area (Å²) in [4.78, 5) is 14.0. The summed E-state index contributed by atoms with van der Waals surface area (Å²) >= 11 is 0. The monoisotopic (exact) mass is 243 g/mol. The Kier molecular flexibility index (Phi) is 4.50. The van der Waals surface area contributed by atoms with Crippen LogP contribution in [0.2, 0.25) is 0 Å². The molecule has 2 aliphatic heterocycles. The maximum Gasteiger partial charge on any atom is 0.141 e. The van der Waals surface area contributed by atoms with Crippen molar-refractivity contribution in [1.29, 1.82) is 0 Å². The minimum atomic E-state index is 0.0249. The summed E-state index contributed by atoms with van der Waals surface area (Å²) in [5.41, 5.74) is 0. The van der Waals surface area contributed by atoms with E-state index < -0.39 is 0 Å². The minimum absolute atomic E-state index is 0.0249. The highest BCUT2D eigenvalue weighted by atomic mass is 16.5. The molecule has 5 nitrogen and oxygen atoms in total. The van der Waals surface area contributed by atoms with E-state index in [4.69, 9.17) is 14.2 Å². The van der Waals surface area contributed by atoms with Gasteiger partial charge in [-0.25, -0.2) is 0 Å². The highest BCUT2D eigenvalue weighted by Gasteiger charge is 2.35. The van der Waals surface area contributed by atoms with E-state index in [0.29, 0.717) is 25.4 Å². The number of rotatable bonds is 4. The lowest BCUT2D eigenvalue weighted by Crippen LogP contribution is -2.38. The van der Waals surface area contributed by atoms with Gasteiger partial charge in [0.05, 0.1) is 31.3 Å². The van der Waals surface area contributed by atoms with Crippen molar-refractivity contribution in [2.75, 3.05) is 47.1 Å². The van der Waals surface area contributed by atoms with Crippen molar-refractivity contribution in [2.45, 2.75) is 18.6 Å². The van der Waals surface area contributed by atoms with Gasteiger partial charge in [-0.15, -0.1) is 0 Å². The minimum Gasteiger partial charge on any atom is -0.380 e. The maximum atomic E-state index is 11.7. The molecule has 2 heterocycles. The van der Waals surface area contributed by atoms with Crippen LogP contribution in [-0.2, 0) is 19.0 Å². The highest BCUT2D eigenvalue weighted by Crippen LogP contribution is 2.19. The molecule has 5 heteroatoms. The standard InChI is InChI=1S/C12H21NO4/c1-15-11-6-13(7-12(11)16-2)5-9-8-17-4-3-10(9)14/h9,11-12H,3-8H2,1-2H3. The molecule has 0 aromatic rings. The van der Waals surface area contributed by atoms with Gasteiger partial charge in [-0.1, -0.05) is 0 Å². The van der Waals surface area contributed by atoms with Crippen LogP contribution in [0.1, 0.15) is 6.42 Å². The first-order valence-electron chi connectivity index (χ1n) is 6.13. The quantitative estimate of drug-likeness (QED) is 0.692. The van der Waals surface area contributed by atoms with Crippen molar-refractivity contribution in [2.24, 2.45) is 5.92 Å². The molecule has 2 aliphatic rings. The van der Waals surface area contributed by atoms with Gasteiger partial charge >= 0.3 is 0 Å². The predicted octanol–water partition coefficient (Wildman–Crippen LogP) is -0.0624. The third kappa shape index (κ3) is 3.04. The third-order valence-corrected chi connectivity index (χ3v) is 3.64. The summed E-state index contributed by atoms with van der Waals surface area (Å²) < 4.78 is 16.1. The van der Waals surface area contributed by atoms with E-state index in [1.165, 1.54) is 0 Å². The van der Waals surface area contributed by atoms with Gasteiger partial charge in [0.15, 0.2) is 0 Å². The summed E-state index contributed by atoms with van der Waals surface area (Å²) in [6.07, 6.45) is 0.777. The topological polar surface area (TPSA) is 48.0 Å². The molecule has 3 atom stereocenters. The van der Waals surface area contributed by atoms with Crippen LogP contribution < -0.4 is 0 Å². The Morgan fingerprint density at radius 1 is 1.29 bits per heavy atom. The maximum absolute atomic E-state index is 11.7. The first-order chi connectivity index (χ1) is 8.24. The smallest absolute Gasteiger partial charge is 0.141 e. The fourth-order valence-electron chi connectivity index (χ4n) is 2.58. The molecule has 17 heavy (non-hydrogen) atoms. The van der Waals surface area contributed by atoms with Crippen LogP contribution in [0.25, 0.3) is 0 Å². The van der Waals surface area contributed by atoms with E-state index in [2.05, 4.69) is 4.90 Å². The second-order valence-electron chi connectivity index (χ2n) is 4.76. The van der Waals surface area contributed by atoms with E-state index in [1.54, 1.807) is 14.2 Å². The number of hydrogen-bond donors (Lipinski definition) is 0. The molecule has 0 aromatic heterocycles. The second-order valence-corrected chi connectivity index (χ2v) is 4.76. The second kappa shape index (κ2) is 5.91. The summed E-state index contributed by atoms with van der Waals surface area (Å²) in [7, 11) is 3.41. The van der Waals surface area contributed by atoms with Gasteiger partial charge in [-0.3, -0.25) is 9.69 Å². The number of likely N-dealkylation sites (tertiary alicyclic amines) is 1. The molecule has 0 saturated carbocycles. The lowest BCUT2D eigenvalue weighted by molar-refractivity contribution is -0.131. The Labute approximate surface area is 102 Å². The molecule has 2 fully saturated rings. The number of carbonyl (C=O) groups is 1. The number of methoxy groups -OCH3 is 2. The molecular weight excluding hydrogens is 222 g/mol. The van der Waals surface area contributed by atoms with Crippen molar-refractivity contribution in [3.05, 3.63) is 0 Å². The number of ether oxygens (including phenoxy) is 3. The van der Waals surface area contributed by atoms with Crippen LogP contribution in [0.4, 0.5) is 0 Å². The summed E-state index contributed by atoms with van der Waals surface area (Å²) in [6, 6.07) is 0.